The molecule has 0 aromatic heterocycles. The van der Waals surface area contributed by atoms with Crippen molar-refractivity contribution in [3.8, 4) is 0 Å². The molecule has 1 heterocycles. The Morgan fingerprint density at radius 3 is 2.42 bits per heavy atom. The lowest BCUT2D eigenvalue weighted by Crippen LogP contribution is -2.54. The van der Waals surface area contributed by atoms with Gasteiger partial charge in [-0.15, -0.1) is 0 Å². The second kappa shape index (κ2) is 7.25. The number of carbonyl (C=O) groups excluding carboxylic acids is 1. The summed E-state index contributed by atoms with van der Waals surface area (Å²) in [7, 11) is 1.64. The van der Waals surface area contributed by atoms with Gasteiger partial charge in [0.25, 0.3) is 5.91 Å². The van der Waals surface area contributed by atoms with Crippen molar-refractivity contribution in [2.75, 3.05) is 26.7 Å². The van der Waals surface area contributed by atoms with Gasteiger partial charge in [0, 0.05) is 13.7 Å². The van der Waals surface area contributed by atoms with Crippen LogP contribution < -0.4 is 10.6 Å². The van der Waals surface area contributed by atoms with E-state index in [2.05, 4.69) is 31.4 Å². The third-order valence-corrected chi connectivity index (χ3v) is 3.85. The number of amides is 1. The number of methoxy groups -OCH3 is 1. The van der Waals surface area contributed by atoms with Crippen LogP contribution in [0.4, 0.5) is 0 Å². The minimum absolute atomic E-state index is 0.0623. The summed E-state index contributed by atoms with van der Waals surface area (Å²) in [5.74, 6) is 0.0623. The maximum atomic E-state index is 12.2. The number of piperidine rings is 1. The Kier molecular flexibility index (Phi) is 6.27. The molecule has 4 heteroatoms. The first-order valence-electron chi connectivity index (χ1n) is 7.44. The van der Waals surface area contributed by atoms with Crippen molar-refractivity contribution < 1.29 is 9.53 Å². The number of carbonyl (C=O) groups is 1. The van der Waals surface area contributed by atoms with Crippen LogP contribution in [-0.4, -0.2) is 38.3 Å². The van der Waals surface area contributed by atoms with Crippen LogP contribution in [0.3, 0.4) is 0 Å². The molecule has 0 radical (unpaired) electrons. The van der Waals surface area contributed by atoms with Crippen LogP contribution in [0, 0.1) is 5.41 Å². The smallest absolute Gasteiger partial charge is 0.252 e. The molecule has 1 amide bonds. The van der Waals surface area contributed by atoms with E-state index in [1.54, 1.807) is 7.11 Å². The summed E-state index contributed by atoms with van der Waals surface area (Å²) in [4.78, 5) is 12.2. The first kappa shape index (κ1) is 16.4. The number of rotatable bonds is 6. The summed E-state index contributed by atoms with van der Waals surface area (Å²) < 4.78 is 5.50. The van der Waals surface area contributed by atoms with Crippen molar-refractivity contribution in [2.45, 2.75) is 58.5 Å². The highest BCUT2D eigenvalue weighted by molar-refractivity contribution is 5.85. The van der Waals surface area contributed by atoms with Crippen LogP contribution in [0.15, 0.2) is 0 Å². The molecule has 0 spiro atoms. The number of unbranched alkanes of at least 4 members (excludes halogenated alkanes) is 1. The molecular formula is C15H30N2O2. The van der Waals surface area contributed by atoms with Gasteiger partial charge < -0.3 is 15.4 Å². The third kappa shape index (κ3) is 5.49. The highest BCUT2D eigenvalue weighted by Crippen LogP contribution is 2.23. The molecule has 2 N–H and O–H groups in total. The average molecular weight is 270 g/mol. The van der Waals surface area contributed by atoms with Gasteiger partial charge in [0.2, 0.25) is 0 Å². The molecule has 1 fully saturated rings. The molecule has 0 bridgehead atoms. The molecule has 0 saturated carbocycles. The van der Waals surface area contributed by atoms with Crippen LogP contribution in [-0.2, 0) is 9.53 Å². The molecule has 0 atom stereocenters. The SMILES string of the molecule is COC1(C(=O)NCCCCC(C)(C)C)CCNCC1. The van der Waals surface area contributed by atoms with Gasteiger partial charge in [-0.05, 0) is 44.2 Å². The van der Waals surface area contributed by atoms with E-state index in [-0.39, 0.29) is 5.91 Å². The topological polar surface area (TPSA) is 50.4 Å². The average Bonchev–Trinajstić information content (AvgIpc) is 2.37. The molecule has 1 aliphatic rings. The van der Waals surface area contributed by atoms with E-state index in [1.807, 2.05) is 0 Å². The second-order valence-corrected chi connectivity index (χ2v) is 6.72. The Bertz CT molecular complexity index is 278. The van der Waals surface area contributed by atoms with E-state index in [1.165, 1.54) is 6.42 Å². The van der Waals surface area contributed by atoms with Crippen LogP contribution in [0.5, 0.6) is 0 Å². The van der Waals surface area contributed by atoms with Gasteiger partial charge >= 0.3 is 0 Å². The van der Waals surface area contributed by atoms with Crippen LogP contribution in [0.1, 0.15) is 52.9 Å². The van der Waals surface area contributed by atoms with Gasteiger partial charge in [-0.25, -0.2) is 0 Å². The summed E-state index contributed by atoms with van der Waals surface area (Å²) >= 11 is 0. The summed E-state index contributed by atoms with van der Waals surface area (Å²) in [6, 6.07) is 0. The minimum atomic E-state index is -0.602. The molecule has 0 aromatic carbocycles. The fourth-order valence-corrected chi connectivity index (χ4v) is 2.50. The Labute approximate surface area is 117 Å². The number of hydrogen-bond acceptors (Lipinski definition) is 3. The van der Waals surface area contributed by atoms with E-state index >= 15 is 0 Å². The molecule has 1 aliphatic heterocycles. The van der Waals surface area contributed by atoms with Gasteiger partial charge in [0.15, 0.2) is 0 Å². The Morgan fingerprint density at radius 1 is 1.26 bits per heavy atom. The van der Waals surface area contributed by atoms with Gasteiger partial charge in [-0.3, -0.25) is 4.79 Å². The quantitative estimate of drug-likeness (QED) is 0.727. The van der Waals surface area contributed by atoms with E-state index in [0.717, 1.165) is 45.3 Å². The first-order chi connectivity index (χ1) is 8.90. The zero-order valence-electron chi connectivity index (χ0n) is 13.0. The van der Waals surface area contributed by atoms with E-state index in [4.69, 9.17) is 4.74 Å². The normalized spacial score (nSPS) is 19.2. The van der Waals surface area contributed by atoms with E-state index in [0.29, 0.717) is 5.41 Å². The van der Waals surface area contributed by atoms with Gasteiger partial charge in [-0.2, -0.15) is 0 Å². The highest BCUT2D eigenvalue weighted by Gasteiger charge is 2.39. The molecule has 19 heavy (non-hydrogen) atoms. The number of hydrogen-bond donors (Lipinski definition) is 2. The lowest BCUT2D eigenvalue weighted by atomic mass is 9.89. The Hall–Kier alpha value is -0.610. The standard InChI is InChI=1S/C15H30N2O2/c1-14(2,3)7-5-6-10-17-13(18)15(19-4)8-11-16-12-9-15/h16H,5-12H2,1-4H3,(H,17,18). The number of ether oxygens (including phenoxy) is 1. The molecular weight excluding hydrogens is 240 g/mol. The van der Waals surface area contributed by atoms with Crippen LogP contribution in [0.25, 0.3) is 0 Å². The Balaban J connectivity index is 2.26. The molecule has 1 saturated heterocycles. The fourth-order valence-electron chi connectivity index (χ4n) is 2.50. The van der Waals surface area contributed by atoms with E-state index in [9.17, 15) is 4.79 Å². The highest BCUT2D eigenvalue weighted by atomic mass is 16.5. The second-order valence-electron chi connectivity index (χ2n) is 6.72. The largest absolute Gasteiger partial charge is 0.368 e. The lowest BCUT2D eigenvalue weighted by molar-refractivity contribution is -0.146. The van der Waals surface area contributed by atoms with Crippen molar-refractivity contribution in [1.82, 2.24) is 10.6 Å². The molecule has 1 rings (SSSR count). The van der Waals surface area contributed by atoms with Gasteiger partial charge in [-0.1, -0.05) is 27.2 Å². The van der Waals surface area contributed by atoms with Crippen LogP contribution in [0.2, 0.25) is 0 Å². The van der Waals surface area contributed by atoms with Crippen molar-refractivity contribution in [1.29, 1.82) is 0 Å². The minimum Gasteiger partial charge on any atom is -0.368 e. The zero-order chi connectivity index (χ0) is 14.4. The Morgan fingerprint density at radius 2 is 1.89 bits per heavy atom. The summed E-state index contributed by atoms with van der Waals surface area (Å²) in [6.45, 7) is 9.21. The predicted molar refractivity (Wildman–Crippen MR) is 78.2 cm³/mol. The maximum Gasteiger partial charge on any atom is 0.252 e. The molecule has 112 valence electrons. The molecule has 4 nitrogen and oxygen atoms in total. The molecule has 0 aliphatic carbocycles. The predicted octanol–water partition coefficient (Wildman–Crippen LogP) is 2.09. The van der Waals surface area contributed by atoms with Crippen molar-refractivity contribution in [2.24, 2.45) is 5.41 Å². The van der Waals surface area contributed by atoms with Crippen LogP contribution >= 0.6 is 0 Å². The fraction of sp³-hybridized carbons (Fsp3) is 0.933. The zero-order valence-corrected chi connectivity index (χ0v) is 13.0. The van der Waals surface area contributed by atoms with Gasteiger partial charge in [0.1, 0.15) is 5.60 Å². The summed E-state index contributed by atoms with van der Waals surface area (Å²) in [5.41, 5.74) is -0.220. The third-order valence-electron chi connectivity index (χ3n) is 3.85. The van der Waals surface area contributed by atoms with Gasteiger partial charge in [0.05, 0.1) is 0 Å². The van der Waals surface area contributed by atoms with Crippen molar-refractivity contribution in [3.63, 3.8) is 0 Å². The van der Waals surface area contributed by atoms with Crippen molar-refractivity contribution in [3.05, 3.63) is 0 Å². The number of nitrogens with one attached hydrogen (secondary N) is 2. The first-order valence-corrected chi connectivity index (χ1v) is 7.44. The summed E-state index contributed by atoms with van der Waals surface area (Å²) in [5, 5.41) is 6.30. The molecule has 0 unspecified atom stereocenters. The summed E-state index contributed by atoms with van der Waals surface area (Å²) in [6.07, 6.45) is 4.92. The lowest BCUT2D eigenvalue weighted by Gasteiger charge is -2.34. The maximum absolute atomic E-state index is 12.2. The van der Waals surface area contributed by atoms with E-state index < -0.39 is 5.60 Å². The van der Waals surface area contributed by atoms with Crippen molar-refractivity contribution >= 4 is 5.91 Å². The molecule has 0 aromatic rings. The monoisotopic (exact) mass is 270 g/mol.